The smallest absolute Gasteiger partial charge is 0.0741 e. The maximum Gasteiger partial charge on any atom is 0.0741 e. The third-order valence-corrected chi connectivity index (χ3v) is 3.50. The van der Waals surface area contributed by atoms with E-state index in [1.807, 2.05) is 7.05 Å². The van der Waals surface area contributed by atoms with Crippen LogP contribution in [0.15, 0.2) is 30.5 Å². The molecule has 1 saturated carbocycles. The summed E-state index contributed by atoms with van der Waals surface area (Å²) in [5.74, 6) is 0.704. The van der Waals surface area contributed by atoms with E-state index in [9.17, 15) is 5.26 Å². The Morgan fingerprint density at radius 1 is 1.38 bits per heavy atom. The molecular formula is C14H14N2. The van der Waals surface area contributed by atoms with Crippen molar-refractivity contribution in [2.24, 2.45) is 13.0 Å². The van der Waals surface area contributed by atoms with Crippen LogP contribution in [0.1, 0.15) is 24.3 Å². The van der Waals surface area contributed by atoms with E-state index in [2.05, 4.69) is 41.1 Å². The molecule has 0 N–H and O–H groups in total. The van der Waals surface area contributed by atoms with Crippen molar-refractivity contribution >= 4 is 10.9 Å². The SMILES string of the molecule is Cn1ccc2cc(C(C#N)C3CC3)ccc21. The molecule has 1 aliphatic rings. The van der Waals surface area contributed by atoms with Crippen LogP contribution in [0.25, 0.3) is 10.9 Å². The Morgan fingerprint density at radius 3 is 2.88 bits per heavy atom. The van der Waals surface area contributed by atoms with Crippen LogP contribution < -0.4 is 0 Å². The first-order valence-electron chi connectivity index (χ1n) is 5.74. The maximum absolute atomic E-state index is 9.21. The number of nitrogens with zero attached hydrogens (tertiary/aromatic N) is 2. The van der Waals surface area contributed by atoms with E-state index in [1.54, 1.807) is 0 Å². The van der Waals surface area contributed by atoms with E-state index in [0.717, 1.165) is 0 Å². The number of rotatable bonds is 2. The summed E-state index contributed by atoms with van der Waals surface area (Å²) in [5.41, 5.74) is 2.42. The second kappa shape index (κ2) is 3.38. The highest BCUT2D eigenvalue weighted by Gasteiger charge is 2.32. The minimum absolute atomic E-state index is 0.101. The van der Waals surface area contributed by atoms with Gasteiger partial charge in [-0.05, 0) is 47.9 Å². The minimum atomic E-state index is 0.101. The van der Waals surface area contributed by atoms with Crippen molar-refractivity contribution in [2.45, 2.75) is 18.8 Å². The van der Waals surface area contributed by atoms with Crippen LogP contribution in [0.2, 0.25) is 0 Å². The van der Waals surface area contributed by atoms with Crippen LogP contribution in [0.5, 0.6) is 0 Å². The van der Waals surface area contributed by atoms with Crippen molar-refractivity contribution in [1.29, 1.82) is 5.26 Å². The summed E-state index contributed by atoms with van der Waals surface area (Å²) in [6, 6.07) is 11.0. The monoisotopic (exact) mass is 210 g/mol. The molecule has 1 aromatic heterocycles. The highest BCUT2D eigenvalue weighted by molar-refractivity contribution is 5.81. The first kappa shape index (κ1) is 9.47. The average Bonchev–Trinajstić information content (AvgIpc) is 3.06. The highest BCUT2D eigenvalue weighted by Crippen LogP contribution is 2.42. The summed E-state index contributed by atoms with van der Waals surface area (Å²) in [6.07, 6.45) is 4.49. The number of aryl methyl sites for hydroxylation is 1. The first-order chi connectivity index (χ1) is 7.79. The lowest BCUT2D eigenvalue weighted by atomic mass is 9.95. The molecule has 0 spiro atoms. The lowest BCUT2D eigenvalue weighted by Crippen LogP contribution is -1.97. The number of nitriles is 1. The van der Waals surface area contributed by atoms with E-state index in [0.29, 0.717) is 5.92 Å². The van der Waals surface area contributed by atoms with Crippen molar-refractivity contribution in [1.82, 2.24) is 4.57 Å². The molecule has 1 aliphatic carbocycles. The fourth-order valence-corrected chi connectivity index (χ4v) is 2.38. The summed E-state index contributed by atoms with van der Waals surface area (Å²) >= 11 is 0. The number of aromatic nitrogens is 1. The summed E-state index contributed by atoms with van der Waals surface area (Å²) < 4.78 is 2.11. The summed E-state index contributed by atoms with van der Waals surface area (Å²) in [4.78, 5) is 0. The van der Waals surface area contributed by atoms with Gasteiger partial charge < -0.3 is 4.57 Å². The topological polar surface area (TPSA) is 28.7 Å². The lowest BCUT2D eigenvalue weighted by Gasteiger charge is -2.08. The Morgan fingerprint density at radius 2 is 2.19 bits per heavy atom. The third kappa shape index (κ3) is 1.40. The Kier molecular flexibility index (Phi) is 2.00. The van der Waals surface area contributed by atoms with Crippen LogP contribution in [0, 0.1) is 17.2 Å². The van der Waals surface area contributed by atoms with Gasteiger partial charge in [-0.1, -0.05) is 6.07 Å². The zero-order chi connectivity index (χ0) is 11.1. The van der Waals surface area contributed by atoms with Crippen LogP contribution in [-0.4, -0.2) is 4.57 Å². The zero-order valence-corrected chi connectivity index (χ0v) is 9.35. The molecule has 0 radical (unpaired) electrons. The molecule has 3 rings (SSSR count). The van der Waals surface area contributed by atoms with E-state index >= 15 is 0 Å². The van der Waals surface area contributed by atoms with Crippen molar-refractivity contribution in [3.63, 3.8) is 0 Å². The van der Waals surface area contributed by atoms with E-state index < -0.39 is 0 Å². The predicted octanol–water partition coefficient (Wildman–Crippen LogP) is 3.20. The normalized spacial score (nSPS) is 17.2. The van der Waals surface area contributed by atoms with E-state index in [1.165, 1.54) is 29.3 Å². The molecule has 2 heteroatoms. The Labute approximate surface area is 95.1 Å². The molecule has 1 unspecified atom stereocenters. The molecule has 80 valence electrons. The lowest BCUT2D eigenvalue weighted by molar-refractivity contribution is 0.741. The number of benzene rings is 1. The highest BCUT2D eigenvalue weighted by atomic mass is 14.9. The van der Waals surface area contributed by atoms with E-state index in [-0.39, 0.29) is 5.92 Å². The van der Waals surface area contributed by atoms with Crippen molar-refractivity contribution in [2.75, 3.05) is 0 Å². The van der Waals surface area contributed by atoms with Gasteiger partial charge in [-0.2, -0.15) is 5.26 Å². The van der Waals surface area contributed by atoms with Crippen molar-refractivity contribution in [3.05, 3.63) is 36.0 Å². The summed E-state index contributed by atoms with van der Waals surface area (Å²) in [5, 5.41) is 10.4. The first-order valence-corrected chi connectivity index (χ1v) is 5.74. The van der Waals surface area contributed by atoms with Gasteiger partial charge in [0.1, 0.15) is 0 Å². The molecule has 0 amide bonds. The summed E-state index contributed by atoms with van der Waals surface area (Å²) in [6.45, 7) is 0. The fourth-order valence-electron chi connectivity index (χ4n) is 2.38. The second-order valence-electron chi connectivity index (χ2n) is 4.69. The average molecular weight is 210 g/mol. The van der Waals surface area contributed by atoms with Gasteiger partial charge in [0, 0.05) is 18.8 Å². The largest absolute Gasteiger partial charge is 0.351 e. The minimum Gasteiger partial charge on any atom is -0.351 e. The molecular weight excluding hydrogens is 196 g/mol. The molecule has 0 bridgehead atoms. The quantitative estimate of drug-likeness (QED) is 0.748. The number of hydrogen-bond acceptors (Lipinski definition) is 1. The molecule has 1 fully saturated rings. The van der Waals surface area contributed by atoms with E-state index in [4.69, 9.17) is 0 Å². The van der Waals surface area contributed by atoms with Crippen molar-refractivity contribution < 1.29 is 0 Å². The van der Waals surface area contributed by atoms with Gasteiger partial charge in [0.2, 0.25) is 0 Å². The molecule has 0 aliphatic heterocycles. The molecule has 16 heavy (non-hydrogen) atoms. The van der Waals surface area contributed by atoms with Crippen molar-refractivity contribution in [3.8, 4) is 6.07 Å². The van der Waals surface area contributed by atoms with Gasteiger partial charge in [-0.15, -0.1) is 0 Å². The maximum atomic E-state index is 9.21. The molecule has 1 heterocycles. The molecule has 2 aromatic rings. The van der Waals surface area contributed by atoms with Gasteiger partial charge in [-0.3, -0.25) is 0 Å². The van der Waals surface area contributed by atoms with Gasteiger partial charge in [0.25, 0.3) is 0 Å². The molecule has 2 nitrogen and oxygen atoms in total. The van der Waals surface area contributed by atoms with Crippen LogP contribution >= 0.6 is 0 Å². The van der Waals surface area contributed by atoms with Crippen LogP contribution in [-0.2, 0) is 7.05 Å². The Hall–Kier alpha value is -1.75. The number of hydrogen-bond donors (Lipinski definition) is 0. The molecule has 1 atom stereocenters. The van der Waals surface area contributed by atoms with Crippen LogP contribution in [0.3, 0.4) is 0 Å². The fraction of sp³-hybridized carbons (Fsp3) is 0.357. The third-order valence-electron chi connectivity index (χ3n) is 3.50. The van der Waals surface area contributed by atoms with Gasteiger partial charge >= 0.3 is 0 Å². The Balaban J connectivity index is 2.07. The molecule has 1 aromatic carbocycles. The van der Waals surface area contributed by atoms with Gasteiger partial charge in [-0.25, -0.2) is 0 Å². The number of fused-ring (bicyclic) bond motifs is 1. The predicted molar refractivity (Wildman–Crippen MR) is 64.0 cm³/mol. The summed E-state index contributed by atoms with van der Waals surface area (Å²) in [7, 11) is 2.05. The van der Waals surface area contributed by atoms with Gasteiger partial charge in [0.15, 0.2) is 0 Å². The molecule has 0 saturated heterocycles. The standard InChI is InChI=1S/C14H14N2/c1-16-7-6-12-8-11(4-5-14(12)16)13(9-15)10-2-3-10/h4-8,10,13H,2-3H2,1H3. The van der Waals surface area contributed by atoms with Crippen LogP contribution in [0.4, 0.5) is 0 Å². The van der Waals surface area contributed by atoms with Gasteiger partial charge in [0.05, 0.1) is 12.0 Å². The zero-order valence-electron chi connectivity index (χ0n) is 9.35. The second-order valence-corrected chi connectivity index (χ2v) is 4.69. The Bertz CT molecular complexity index is 570.